The van der Waals surface area contributed by atoms with Crippen LogP contribution >= 0.6 is 23.1 Å². The fourth-order valence-corrected chi connectivity index (χ4v) is 2.70. The Kier molecular flexibility index (Phi) is 4.62. The van der Waals surface area contributed by atoms with E-state index in [2.05, 4.69) is 6.58 Å². The summed E-state index contributed by atoms with van der Waals surface area (Å²) in [4.78, 5) is 0. The lowest BCUT2D eigenvalue weighted by Crippen LogP contribution is -2.08. The molecule has 2 nitrogen and oxygen atoms in total. The predicted molar refractivity (Wildman–Crippen MR) is 74.0 cm³/mol. The molecule has 1 N–H and O–H groups in total. The first-order chi connectivity index (χ1) is 8.31. The highest BCUT2D eigenvalue weighted by Gasteiger charge is 2.24. The highest BCUT2D eigenvalue weighted by Crippen LogP contribution is 2.32. The monoisotopic (exact) mass is 266 g/mol. The Bertz CT molecular complexity index is 421. The van der Waals surface area contributed by atoms with Gasteiger partial charge in [0, 0.05) is 11.3 Å². The second-order valence-electron chi connectivity index (χ2n) is 3.56. The summed E-state index contributed by atoms with van der Waals surface area (Å²) in [7, 11) is 0. The van der Waals surface area contributed by atoms with Gasteiger partial charge in [0.15, 0.2) is 6.29 Å². The quantitative estimate of drug-likeness (QED) is 0.653. The van der Waals surface area contributed by atoms with Crippen LogP contribution in [-0.4, -0.2) is 17.1 Å². The van der Waals surface area contributed by atoms with E-state index in [9.17, 15) is 5.11 Å². The lowest BCUT2D eigenvalue weighted by molar-refractivity contribution is -0.0787. The summed E-state index contributed by atoms with van der Waals surface area (Å²) >= 11 is 3.27. The molecule has 1 aliphatic rings. The van der Waals surface area contributed by atoms with Gasteiger partial charge < -0.3 is 9.84 Å². The molecule has 0 saturated carbocycles. The summed E-state index contributed by atoms with van der Waals surface area (Å²) in [5.74, 6) is 0.870. The fraction of sp³-hybridized carbons (Fsp3) is 0.231. The minimum Gasteiger partial charge on any atom is -0.364 e. The topological polar surface area (TPSA) is 29.5 Å². The molecule has 2 atom stereocenters. The first-order valence-electron chi connectivity index (χ1n) is 5.27. The first-order valence-corrected chi connectivity index (χ1v) is 7.27. The van der Waals surface area contributed by atoms with Gasteiger partial charge in [-0.3, -0.25) is 0 Å². The summed E-state index contributed by atoms with van der Waals surface area (Å²) in [5.41, 5.74) is 1.91. The molecular formula is C13H14O2S2. The van der Waals surface area contributed by atoms with Crippen molar-refractivity contribution in [3.8, 4) is 0 Å². The van der Waals surface area contributed by atoms with Crippen LogP contribution in [0.4, 0.5) is 0 Å². The van der Waals surface area contributed by atoms with Gasteiger partial charge in [0.05, 0.1) is 0 Å². The minimum absolute atomic E-state index is 0.125. The van der Waals surface area contributed by atoms with Crippen molar-refractivity contribution >= 4 is 23.1 Å². The summed E-state index contributed by atoms with van der Waals surface area (Å²) in [6, 6.07) is 2.01. The van der Waals surface area contributed by atoms with Crippen molar-refractivity contribution in [2.45, 2.75) is 12.4 Å². The molecule has 1 aliphatic heterocycles. The summed E-state index contributed by atoms with van der Waals surface area (Å²) in [6.45, 7) is 3.65. The third-order valence-corrected chi connectivity index (χ3v) is 3.81. The number of rotatable bonds is 5. The van der Waals surface area contributed by atoms with E-state index in [1.54, 1.807) is 23.1 Å². The fourth-order valence-electron chi connectivity index (χ4n) is 1.51. The molecule has 90 valence electrons. The maximum Gasteiger partial charge on any atom is 0.182 e. The molecule has 0 spiro atoms. The van der Waals surface area contributed by atoms with E-state index in [1.165, 1.54) is 0 Å². The number of thiophene rings is 1. The smallest absolute Gasteiger partial charge is 0.182 e. The van der Waals surface area contributed by atoms with Gasteiger partial charge in [0.25, 0.3) is 0 Å². The maximum atomic E-state index is 9.75. The molecular weight excluding hydrogens is 252 g/mol. The zero-order valence-corrected chi connectivity index (χ0v) is 10.9. The zero-order chi connectivity index (χ0) is 12.1. The lowest BCUT2D eigenvalue weighted by atomic mass is 10.1. The Morgan fingerprint density at radius 1 is 1.59 bits per heavy atom. The van der Waals surface area contributed by atoms with Crippen LogP contribution in [0.1, 0.15) is 11.7 Å². The largest absolute Gasteiger partial charge is 0.364 e. The molecule has 17 heavy (non-hydrogen) atoms. The number of ether oxygens (including phenoxy) is 1. The van der Waals surface area contributed by atoms with Gasteiger partial charge >= 0.3 is 0 Å². The van der Waals surface area contributed by atoms with E-state index >= 15 is 0 Å². The molecule has 1 aromatic heterocycles. The van der Waals surface area contributed by atoms with Crippen LogP contribution in [0.5, 0.6) is 0 Å². The van der Waals surface area contributed by atoms with Gasteiger partial charge in [-0.2, -0.15) is 11.3 Å². The number of aliphatic hydroxyl groups excluding tert-OH is 1. The molecule has 0 fully saturated rings. The molecule has 2 rings (SSSR count). The van der Waals surface area contributed by atoms with Gasteiger partial charge in [0.1, 0.15) is 6.10 Å². The third-order valence-electron chi connectivity index (χ3n) is 2.35. The molecule has 1 aromatic rings. The maximum absolute atomic E-state index is 9.75. The van der Waals surface area contributed by atoms with E-state index < -0.39 is 6.29 Å². The van der Waals surface area contributed by atoms with E-state index in [1.807, 2.05) is 40.5 Å². The standard InChI is InChI=1S/C13H14O2S2/c1-2-5-16-6-3-10-8-12(15-13(10)14)11-4-7-17-9-11/h2-4,6-9,12-14H,1,5H2/b6-3+. The SMILES string of the molecule is C=CCS/C=C/C1=CC(c2ccsc2)OC1O. The van der Waals surface area contributed by atoms with Gasteiger partial charge in [-0.15, -0.1) is 18.3 Å². The van der Waals surface area contributed by atoms with Crippen molar-refractivity contribution < 1.29 is 9.84 Å². The average molecular weight is 266 g/mol. The van der Waals surface area contributed by atoms with Crippen molar-refractivity contribution in [2.24, 2.45) is 0 Å². The van der Waals surface area contributed by atoms with Crippen LogP contribution in [0.2, 0.25) is 0 Å². The highest BCUT2D eigenvalue weighted by atomic mass is 32.2. The zero-order valence-electron chi connectivity index (χ0n) is 9.28. The van der Waals surface area contributed by atoms with Crippen LogP contribution in [0.25, 0.3) is 0 Å². The normalized spacial score (nSPS) is 24.2. The van der Waals surface area contributed by atoms with Gasteiger partial charge in [-0.05, 0) is 40.0 Å². The molecule has 0 saturated heterocycles. The second kappa shape index (κ2) is 6.21. The van der Waals surface area contributed by atoms with Crippen LogP contribution in [-0.2, 0) is 4.74 Å². The lowest BCUT2D eigenvalue weighted by Gasteiger charge is -2.08. The Morgan fingerprint density at radius 2 is 2.47 bits per heavy atom. The predicted octanol–water partition coefficient (Wildman–Crippen LogP) is 3.50. The molecule has 2 heterocycles. The van der Waals surface area contributed by atoms with Crippen LogP contribution < -0.4 is 0 Å². The van der Waals surface area contributed by atoms with Gasteiger partial charge in [0.2, 0.25) is 0 Å². The Morgan fingerprint density at radius 3 is 3.18 bits per heavy atom. The average Bonchev–Trinajstić information content (AvgIpc) is 2.94. The highest BCUT2D eigenvalue weighted by molar-refractivity contribution is 8.02. The summed E-state index contributed by atoms with van der Waals surface area (Å²) in [5, 5.41) is 15.7. The third kappa shape index (κ3) is 3.33. The van der Waals surface area contributed by atoms with Crippen LogP contribution in [0.15, 0.2) is 52.6 Å². The van der Waals surface area contributed by atoms with Crippen LogP contribution in [0, 0.1) is 0 Å². The van der Waals surface area contributed by atoms with Crippen molar-refractivity contribution in [1.82, 2.24) is 0 Å². The van der Waals surface area contributed by atoms with Crippen LogP contribution in [0.3, 0.4) is 0 Å². The summed E-state index contributed by atoms with van der Waals surface area (Å²) in [6.07, 6.45) is 4.75. The number of thioether (sulfide) groups is 1. The second-order valence-corrected chi connectivity index (χ2v) is 5.28. The molecule has 2 unspecified atom stereocenters. The van der Waals surface area contributed by atoms with E-state index in [-0.39, 0.29) is 6.10 Å². The minimum atomic E-state index is -0.819. The number of hydrogen-bond acceptors (Lipinski definition) is 4. The molecule has 0 aromatic carbocycles. The Hall–Kier alpha value is -0.810. The van der Waals surface area contributed by atoms with Crippen molar-refractivity contribution in [3.63, 3.8) is 0 Å². The molecule has 4 heteroatoms. The van der Waals surface area contributed by atoms with Gasteiger partial charge in [-0.1, -0.05) is 6.08 Å². The number of aliphatic hydroxyl groups is 1. The van der Waals surface area contributed by atoms with E-state index in [4.69, 9.17) is 4.74 Å². The molecule has 0 bridgehead atoms. The van der Waals surface area contributed by atoms with Gasteiger partial charge in [-0.25, -0.2) is 0 Å². The van der Waals surface area contributed by atoms with E-state index in [0.29, 0.717) is 0 Å². The molecule has 0 aliphatic carbocycles. The van der Waals surface area contributed by atoms with Crippen molar-refractivity contribution in [1.29, 1.82) is 0 Å². The Balaban J connectivity index is 2.00. The summed E-state index contributed by atoms with van der Waals surface area (Å²) < 4.78 is 5.46. The number of hydrogen-bond donors (Lipinski definition) is 1. The van der Waals surface area contributed by atoms with Crippen molar-refractivity contribution in [3.05, 3.63) is 58.2 Å². The first kappa shape index (κ1) is 12.6. The van der Waals surface area contributed by atoms with E-state index in [0.717, 1.165) is 16.9 Å². The molecule has 0 radical (unpaired) electrons. The van der Waals surface area contributed by atoms with Crippen molar-refractivity contribution in [2.75, 3.05) is 5.75 Å². The Labute approximate surface area is 109 Å². The molecule has 0 amide bonds.